The standard InChI is InChI=1S/C21H20FNO3/c1-13(2)12-23-18(15-10-6-7-11-16(15)22)17(20(25)21(23)26)19(24)14-8-4-3-5-9-14/h3-11,13,18,24H,12H2,1-2H3/b19-17+. The second-order valence-electron chi connectivity index (χ2n) is 6.73. The maximum Gasteiger partial charge on any atom is 0.295 e. The lowest BCUT2D eigenvalue weighted by molar-refractivity contribution is -0.140. The third-order valence-corrected chi connectivity index (χ3v) is 4.35. The number of Topliss-reactive ketones (excluding diaryl/α,β-unsaturated/α-hetero) is 1. The number of benzene rings is 2. The molecule has 1 fully saturated rings. The molecule has 1 heterocycles. The highest BCUT2D eigenvalue weighted by atomic mass is 19.1. The maximum atomic E-state index is 14.5. The SMILES string of the molecule is CC(C)CN1C(=O)C(=O)/C(=C(/O)c2ccccc2)C1c1ccccc1F. The predicted molar refractivity (Wildman–Crippen MR) is 96.7 cm³/mol. The number of carbonyl (C=O) groups excluding carboxylic acids is 2. The molecule has 2 aromatic carbocycles. The van der Waals surface area contributed by atoms with Crippen LogP contribution in [0.3, 0.4) is 0 Å². The molecule has 5 heteroatoms. The second-order valence-corrected chi connectivity index (χ2v) is 6.73. The molecule has 26 heavy (non-hydrogen) atoms. The Morgan fingerprint density at radius 2 is 1.69 bits per heavy atom. The van der Waals surface area contributed by atoms with E-state index in [1.165, 1.54) is 17.0 Å². The van der Waals surface area contributed by atoms with Crippen LogP contribution in [0.1, 0.15) is 31.0 Å². The van der Waals surface area contributed by atoms with Gasteiger partial charge >= 0.3 is 0 Å². The lowest BCUT2D eigenvalue weighted by Crippen LogP contribution is -2.33. The Kier molecular flexibility index (Phi) is 4.89. The molecule has 1 amide bonds. The molecular formula is C21H20FNO3. The molecule has 0 radical (unpaired) electrons. The molecule has 1 aliphatic rings. The maximum absolute atomic E-state index is 14.5. The number of hydrogen-bond donors (Lipinski definition) is 1. The Morgan fingerprint density at radius 1 is 1.08 bits per heavy atom. The highest BCUT2D eigenvalue weighted by Gasteiger charge is 2.46. The molecule has 1 aliphatic heterocycles. The van der Waals surface area contributed by atoms with Crippen LogP contribution in [-0.2, 0) is 9.59 Å². The molecule has 2 aromatic rings. The van der Waals surface area contributed by atoms with Gasteiger partial charge in [-0.1, -0.05) is 62.4 Å². The number of aliphatic hydroxyl groups is 1. The number of hydrogen-bond acceptors (Lipinski definition) is 3. The Labute approximate surface area is 151 Å². The highest BCUT2D eigenvalue weighted by Crippen LogP contribution is 2.40. The summed E-state index contributed by atoms with van der Waals surface area (Å²) in [5.41, 5.74) is 0.535. The highest BCUT2D eigenvalue weighted by molar-refractivity contribution is 6.46. The summed E-state index contributed by atoms with van der Waals surface area (Å²) in [4.78, 5) is 26.6. The minimum Gasteiger partial charge on any atom is -0.507 e. The van der Waals surface area contributed by atoms with Crippen LogP contribution in [0.2, 0.25) is 0 Å². The van der Waals surface area contributed by atoms with Gasteiger partial charge in [0.25, 0.3) is 11.7 Å². The number of likely N-dealkylation sites (tertiary alicyclic amines) is 1. The van der Waals surface area contributed by atoms with E-state index in [0.717, 1.165) is 0 Å². The number of rotatable bonds is 4. The van der Waals surface area contributed by atoms with Gasteiger partial charge < -0.3 is 10.0 Å². The average molecular weight is 353 g/mol. The zero-order valence-electron chi connectivity index (χ0n) is 14.6. The monoisotopic (exact) mass is 353 g/mol. The molecule has 1 saturated heterocycles. The quantitative estimate of drug-likeness (QED) is 0.515. The molecule has 0 aliphatic carbocycles. The summed E-state index contributed by atoms with van der Waals surface area (Å²) in [6.07, 6.45) is 0. The van der Waals surface area contributed by atoms with Crippen molar-refractivity contribution >= 4 is 17.4 Å². The van der Waals surface area contributed by atoms with E-state index in [2.05, 4.69) is 0 Å². The fourth-order valence-corrected chi connectivity index (χ4v) is 3.23. The molecular weight excluding hydrogens is 333 g/mol. The van der Waals surface area contributed by atoms with Crippen molar-refractivity contribution in [2.24, 2.45) is 5.92 Å². The van der Waals surface area contributed by atoms with Crippen LogP contribution < -0.4 is 0 Å². The predicted octanol–water partition coefficient (Wildman–Crippen LogP) is 3.90. The molecule has 1 unspecified atom stereocenters. The Balaban J connectivity index is 2.22. The average Bonchev–Trinajstić information content (AvgIpc) is 2.87. The van der Waals surface area contributed by atoms with Crippen molar-refractivity contribution in [1.29, 1.82) is 0 Å². The molecule has 4 nitrogen and oxygen atoms in total. The zero-order valence-corrected chi connectivity index (χ0v) is 14.6. The third kappa shape index (κ3) is 3.12. The van der Waals surface area contributed by atoms with Crippen LogP contribution in [0.4, 0.5) is 4.39 Å². The van der Waals surface area contributed by atoms with Crippen molar-refractivity contribution < 1.29 is 19.1 Å². The minimum atomic E-state index is -0.946. The third-order valence-electron chi connectivity index (χ3n) is 4.35. The van der Waals surface area contributed by atoms with Crippen molar-refractivity contribution in [3.8, 4) is 0 Å². The summed E-state index contributed by atoms with van der Waals surface area (Å²) in [5, 5.41) is 10.7. The molecule has 1 atom stereocenters. The van der Waals surface area contributed by atoms with Crippen LogP contribution in [0, 0.1) is 11.7 Å². The molecule has 134 valence electrons. The first kappa shape index (κ1) is 17.9. The number of amides is 1. The van der Waals surface area contributed by atoms with Crippen LogP contribution in [0.5, 0.6) is 0 Å². The number of carbonyl (C=O) groups is 2. The van der Waals surface area contributed by atoms with E-state index in [4.69, 9.17) is 0 Å². The van der Waals surface area contributed by atoms with E-state index in [0.29, 0.717) is 5.56 Å². The van der Waals surface area contributed by atoms with E-state index in [9.17, 15) is 19.1 Å². The fraction of sp³-hybridized carbons (Fsp3) is 0.238. The van der Waals surface area contributed by atoms with Crippen molar-refractivity contribution in [3.05, 3.63) is 77.1 Å². The van der Waals surface area contributed by atoms with Gasteiger partial charge in [0.2, 0.25) is 0 Å². The van der Waals surface area contributed by atoms with Crippen LogP contribution >= 0.6 is 0 Å². The van der Waals surface area contributed by atoms with Crippen LogP contribution in [0.15, 0.2) is 60.2 Å². The molecule has 0 bridgehead atoms. The van der Waals surface area contributed by atoms with E-state index in [-0.39, 0.29) is 29.4 Å². The number of nitrogens with zero attached hydrogens (tertiary/aromatic N) is 1. The number of aliphatic hydroxyl groups excluding tert-OH is 1. The Bertz CT molecular complexity index is 874. The van der Waals surface area contributed by atoms with E-state index in [1.807, 2.05) is 13.8 Å². The summed E-state index contributed by atoms with van der Waals surface area (Å²) in [5.74, 6) is -2.24. The zero-order chi connectivity index (χ0) is 18.8. The normalized spacial score (nSPS) is 19.4. The van der Waals surface area contributed by atoms with Crippen molar-refractivity contribution in [2.45, 2.75) is 19.9 Å². The summed E-state index contributed by atoms with van der Waals surface area (Å²) in [6.45, 7) is 4.11. The van der Waals surface area contributed by atoms with Gasteiger partial charge in [0, 0.05) is 17.7 Å². The van der Waals surface area contributed by atoms with Gasteiger partial charge in [0.1, 0.15) is 11.6 Å². The Hall–Kier alpha value is -2.95. The fourth-order valence-electron chi connectivity index (χ4n) is 3.23. The Morgan fingerprint density at radius 3 is 2.31 bits per heavy atom. The number of halogens is 1. The topological polar surface area (TPSA) is 57.6 Å². The van der Waals surface area contributed by atoms with E-state index >= 15 is 0 Å². The first-order chi connectivity index (χ1) is 12.4. The first-order valence-corrected chi connectivity index (χ1v) is 8.50. The van der Waals surface area contributed by atoms with E-state index < -0.39 is 23.5 Å². The van der Waals surface area contributed by atoms with Crippen LogP contribution in [0.25, 0.3) is 5.76 Å². The second kappa shape index (κ2) is 7.12. The lowest BCUT2D eigenvalue weighted by atomic mass is 9.94. The number of ketones is 1. The molecule has 0 aromatic heterocycles. The van der Waals surface area contributed by atoms with Gasteiger partial charge in [-0.15, -0.1) is 0 Å². The molecule has 0 saturated carbocycles. The smallest absolute Gasteiger partial charge is 0.295 e. The van der Waals surface area contributed by atoms with Gasteiger partial charge in [-0.2, -0.15) is 0 Å². The lowest BCUT2D eigenvalue weighted by Gasteiger charge is -2.27. The summed E-state index contributed by atoms with van der Waals surface area (Å²) in [7, 11) is 0. The van der Waals surface area contributed by atoms with Gasteiger partial charge in [-0.05, 0) is 12.0 Å². The molecule has 3 rings (SSSR count). The van der Waals surface area contributed by atoms with Gasteiger partial charge in [-0.3, -0.25) is 9.59 Å². The summed E-state index contributed by atoms with van der Waals surface area (Å²) < 4.78 is 14.5. The summed E-state index contributed by atoms with van der Waals surface area (Å²) >= 11 is 0. The van der Waals surface area contributed by atoms with Crippen molar-refractivity contribution in [3.63, 3.8) is 0 Å². The van der Waals surface area contributed by atoms with E-state index in [1.54, 1.807) is 42.5 Å². The summed E-state index contributed by atoms with van der Waals surface area (Å²) in [6, 6.07) is 13.6. The molecule has 1 N–H and O–H groups in total. The van der Waals surface area contributed by atoms with Gasteiger partial charge in [-0.25, -0.2) is 4.39 Å². The van der Waals surface area contributed by atoms with Gasteiger partial charge in [0.15, 0.2) is 0 Å². The molecule has 0 spiro atoms. The van der Waals surface area contributed by atoms with Gasteiger partial charge in [0.05, 0.1) is 11.6 Å². The van der Waals surface area contributed by atoms with Crippen molar-refractivity contribution in [1.82, 2.24) is 4.90 Å². The van der Waals surface area contributed by atoms with Crippen molar-refractivity contribution in [2.75, 3.05) is 6.54 Å². The minimum absolute atomic E-state index is 0.0769. The largest absolute Gasteiger partial charge is 0.507 e. The first-order valence-electron chi connectivity index (χ1n) is 8.50. The van der Waals surface area contributed by atoms with Crippen LogP contribution in [-0.4, -0.2) is 28.2 Å².